The number of amides is 1. The van der Waals surface area contributed by atoms with E-state index in [1.54, 1.807) is 22.6 Å². The second-order valence-corrected chi connectivity index (χ2v) is 3.54. The predicted molar refractivity (Wildman–Crippen MR) is 54.8 cm³/mol. The Labute approximate surface area is 91.8 Å². The molecule has 0 unspecified atom stereocenters. The first kappa shape index (κ1) is 11.1. The second-order valence-electron chi connectivity index (χ2n) is 2.46. The van der Waals surface area contributed by atoms with Crippen LogP contribution >= 0.6 is 22.6 Å². The molecule has 4 N–H and O–H groups in total. The number of hydrogen-bond donors (Lipinski definition) is 2. The van der Waals surface area contributed by atoms with Crippen LogP contribution in [0.25, 0.3) is 0 Å². The number of halogens is 3. The summed E-state index contributed by atoms with van der Waals surface area (Å²) in [5, 5.41) is 0. The lowest BCUT2D eigenvalue weighted by Gasteiger charge is -2.06. The molecule has 0 radical (unpaired) electrons. The minimum atomic E-state index is -2.70. The second kappa shape index (κ2) is 4.03. The minimum Gasteiger partial charge on any atom is -0.383 e. The quantitative estimate of drug-likeness (QED) is 0.808. The topological polar surface area (TPSA) is 82.0 Å². The van der Waals surface area contributed by atoms with Crippen LogP contribution in [0.15, 0.2) is 6.07 Å². The lowest BCUT2D eigenvalue weighted by Crippen LogP contribution is -2.15. The normalized spacial score (nSPS) is 10.6. The van der Waals surface area contributed by atoms with Crippen molar-refractivity contribution in [3.63, 3.8) is 0 Å². The molecule has 0 aliphatic rings. The molecule has 4 nitrogen and oxygen atoms in total. The van der Waals surface area contributed by atoms with Gasteiger partial charge in [-0.3, -0.25) is 4.79 Å². The summed E-state index contributed by atoms with van der Waals surface area (Å²) in [4.78, 5) is 14.3. The number of anilines is 1. The van der Waals surface area contributed by atoms with Crippen molar-refractivity contribution in [2.75, 3.05) is 5.73 Å². The van der Waals surface area contributed by atoms with Gasteiger partial charge in [-0.25, -0.2) is 13.8 Å². The van der Waals surface area contributed by atoms with E-state index in [-0.39, 0.29) is 20.6 Å². The summed E-state index contributed by atoms with van der Waals surface area (Å²) in [5.74, 6) is -0.993. The molecule has 0 atom stereocenters. The molecule has 1 rings (SSSR count). The fourth-order valence-electron chi connectivity index (χ4n) is 0.855. The summed E-state index contributed by atoms with van der Waals surface area (Å²) < 4.78 is 25.0. The average molecular weight is 313 g/mol. The zero-order valence-electron chi connectivity index (χ0n) is 6.80. The van der Waals surface area contributed by atoms with Crippen LogP contribution in [-0.4, -0.2) is 10.9 Å². The third-order valence-electron chi connectivity index (χ3n) is 1.50. The number of carbonyl (C=O) groups is 1. The molecule has 0 saturated heterocycles. The number of rotatable bonds is 2. The van der Waals surface area contributed by atoms with Crippen molar-refractivity contribution in [2.45, 2.75) is 6.43 Å². The van der Waals surface area contributed by atoms with E-state index in [2.05, 4.69) is 4.98 Å². The SMILES string of the molecule is NC(=O)c1cc(C(F)F)c(I)c(N)n1. The van der Waals surface area contributed by atoms with Gasteiger partial charge in [0.05, 0.1) is 3.57 Å². The van der Waals surface area contributed by atoms with Crippen LogP contribution in [0.5, 0.6) is 0 Å². The van der Waals surface area contributed by atoms with Crippen molar-refractivity contribution >= 4 is 34.3 Å². The van der Waals surface area contributed by atoms with Gasteiger partial charge in [-0.2, -0.15) is 0 Å². The summed E-state index contributed by atoms with van der Waals surface area (Å²) in [6.07, 6.45) is -2.70. The highest BCUT2D eigenvalue weighted by Crippen LogP contribution is 2.27. The maximum atomic E-state index is 12.4. The number of nitrogens with two attached hydrogens (primary N) is 2. The van der Waals surface area contributed by atoms with Gasteiger partial charge in [0.15, 0.2) is 0 Å². The first-order valence-electron chi connectivity index (χ1n) is 3.47. The number of primary amides is 1. The summed E-state index contributed by atoms with van der Waals surface area (Å²) in [6.45, 7) is 0. The Balaban J connectivity index is 3.35. The van der Waals surface area contributed by atoms with Gasteiger partial charge in [0.1, 0.15) is 11.5 Å². The molecule has 1 amide bonds. The van der Waals surface area contributed by atoms with E-state index in [0.717, 1.165) is 6.07 Å². The Morgan fingerprint density at radius 3 is 2.57 bits per heavy atom. The van der Waals surface area contributed by atoms with E-state index in [0.29, 0.717) is 0 Å². The van der Waals surface area contributed by atoms with E-state index < -0.39 is 12.3 Å². The fraction of sp³-hybridized carbons (Fsp3) is 0.143. The molecule has 0 saturated carbocycles. The van der Waals surface area contributed by atoms with E-state index >= 15 is 0 Å². The minimum absolute atomic E-state index is 0.114. The largest absolute Gasteiger partial charge is 0.383 e. The van der Waals surface area contributed by atoms with Crippen LogP contribution in [-0.2, 0) is 0 Å². The van der Waals surface area contributed by atoms with Gasteiger partial charge in [0, 0.05) is 5.56 Å². The summed E-state index contributed by atoms with van der Waals surface area (Å²) in [6, 6.07) is 0.950. The van der Waals surface area contributed by atoms with Crippen LogP contribution in [0.2, 0.25) is 0 Å². The zero-order chi connectivity index (χ0) is 10.9. The Morgan fingerprint density at radius 2 is 2.14 bits per heavy atom. The van der Waals surface area contributed by atoms with Crippen LogP contribution in [0.4, 0.5) is 14.6 Å². The molecule has 1 aromatic heterocycles. The Kier molecular flexibility index (Phi) is 3.19. The highest BCUT2D eigenvalue weighted by molar-refractivity contribution is 14.1. The molecule has 1 aromatic rings. The number of pyridine rings is 1. The number of aromatic nitrogens is 1. The summed E-state index contributed by atoms with van der Waals surface area (Å²) in [7, 11) is 0. The Hall–Kier alpha value is -0.990. The van der Waals surface area contributed by atoms with Crippen molar-refractivity contribution in [1.82, 2.24) is 4.98 Å². The van der Waals surface area contributed by atoms with E-state index in [1.165, 1.54) is 0 Å². The van der Waals surface area contributed by atoms with Gasteiger partial charge < -0.3 is 11.5 Å². The fourth-order valence-corrected chi connectivity index (χ4v) is 1.37. The molecule has 0 spiro atoms. The van der Waals surface area contributed by atoms with E-state index in [1.807, 2.05) is 0 Å². The summed E-state index contributed by atoms with van der Waals surface area (Å²) >= 11 is 1.64. The molecule has 1 heterocycles. The van der Waals surface area contributed by atoms with E-state index in [9.17, 15) is 13.6 Å². The molecule has 14 heavy (non-hydrogen) atoms. The first-order chi connectivity index (χ1) is 6.43. The molecule has 7 heteroatoms. The van der Waals surface area contributed by atoms with Gasteiger partial charge in [0.2, 0.25) is 0 Å². The smallest absolute Gasteiger partial charge is 0.267 e. The maximum absolute atomic E-state index is 12.4. The molecule has 0 bridgehead atoms. The predicted octanol–water partition coefficient (Wildman–Crippen LogP) is 1.30. The van der Waals surface area contributed by atoms with Crippen molar-refractivity contribution in [2.24, 2.45) is 5.73 Å². The molecule has 0 aliphatic carbocycles. The average Bonchev–Trinajstić information content (AvgIpc) is 2.08. The van der Waals surface area contributed by atoms with Crippen LogP contribution in [0.3, 0.4) is 0 Å². The van der Waals surface area contributed by atoms with Crippen LogP contribution < -0.4 is 11.5 Å². The van der Waals surface area contributed by atoms with Gasteiger partial charge in [-0.15, -0.1) is 0 Å². The van der Waals surface area contributed by atoms with Crippen molar-refractivity contribution < 1.29 is 13.6 Å². The number of alkyl halides is 2. The van der Waals surface area contributed by atoms with Gasteiger partial charge >= 0.3 is 0 Å². The lowest BCUT2D eigenvalue weighted by atomic mass is 10.2. The highest BCUT2D eigenvalue weighted by atomic mass is 127. The monoisotopic (exact) mass is 313 g/mol. The maximum Gasteiger partial charge on any atom is 0.267 e. The Morgan fingerprint density at radius 1 is 1.57 bits per heavy atom. The molecule has 0 aliphatic heterocycles. The zero-order valence-corrected chi connectivity index (χ0v) is 8.96. The van der Waals surface area contributed by atoms with Gasteiger partial charge in [-0.1, -0.05) is 0 Å². The Bertz CT molecular complexity index is 383. The lowest BCUT2D eigenvalue weighted by molar-refractivity contribution is 0.0995. The third-order valence-corrected chi connectivity index (χ3v) is 2.67. The first-order valence-corrected chi connectivity index (χ1v) is 4.55. The van der Waals surface area contributed by atoms with Crippen LogP contribution in [0.1, 0.15) is 22.5 Å². The molecular formula is C7H6F2IN3O. The highest BCUT2D eigenvalue weighted by Gasteiger charge is 2.17. The molecule has 76 valence electrons. The molecular weight excluding hydrogens is 307 g/mol. The number of nitrogens with zero attached hydrogens (tertiary/aromatic N) is 1. The summed E-state index contributed by atoms with van der Waals surface area (Å²) in [5.41, 5.74) is 9.66. The third kappa shape index (κ3) is 2.08. The van der Waals surface area contributed by atoms with Gasteiger partial charge in [-0.05, 0) is 28.7 Å². The molecule has 0 aromatic carbocycles. The van der Waals surface area contributed by atoms with Crippen molar-refractivity contribution in [3.8, 4) is 0 Å². The van der Waals surface area contributed by atoms with Gasteiger partial charge in [0.25, 0.3) is 12.3 Å². The van der Waals surface area contributed by atoms with Crippen LogP contribution in [0, 0.1) is 3.57 Å². The van der Waals surface area contributed by atoms with Crippen molar-refractivity contribution in [3.05, 3.63) is 20.9 Å². The number of hydrogen-bond acceptors (Lipinski definition) is 3. The number of nitrogen functional groups attached to an aromatic ring is 1. The standard InChI is InChI=1S/C7H6F2IN3O/c8-5(9)2-1-3(7(12)14)13-6(11)4(2)10/h1,5H,(H2,11,13)(H2,12,14). The molecule has 0 fully saturated rings. The van der Waals surface area contributed by atoms with E-state index in [4.69, 9.17) is 11.5 Å². The number of carbonyl (C=O) groups excluding carboxylic acids is 1. The van der Waals surface area contributed by atoms with Crippen molar-refractivity contribution in [1.29, 1.82) is 0 Å².